The molecule has 2 aromatic carbocycles. The predicted molar refractivity (Wildman–Crippen MR) is 105 cm³/mol. The summed E-state index contributed by atoms with van der Waals surface area (Å²) in [5.41, 5.74) is 5.28. The second kappa shape index (κ2) is 8.81. The van der Waals surface area contributed by atoms with Crippen molar-refractivity contribution in [3.63, 3.8) is 0 Å². The monoisotopic (exact) mass is 402 g/mol. The number of aromatic hydroxyl groups is 1. The Kier molecular flexibility index (Phi) is 6.76. The van der Waals surface area contributed by atoms with E-state index in [1.807, 2.05) is 19.1 Å². The number of hydrogen-bond acceptors (Lipinski definition) is 3. The maximum Gasteiger partial charge on any atom is 0.247 e. The molecule has 5 heteroatoms. The number of phenols is 1. The van der Waals surface area contributed by atoms with Crippen molar-refractivity contribution in [2.45, 2.75) is 33.1 Å². The van der Waals surface area contributed by atoms with Crippen molar-refractivity contribution >= 4 is 28.1 Å². The average Bonchev–Trinajstić information content (AvgIpc) is 2.57. The number of hydrazone groups is 1. The highest BCUT2D eigenvalue weighted by Gasteiger charge is 2.14. The van der Waals surface area contributed by atoms with Crippen LogP contribution in [0.5, 0.6) is 5.75 Å². The SMILES string of the molecule is CC(C)Cc1ccc([C@H](C)C(=O)N/N=C/c2cc(Br)ccc2O)cc1. The van der Waals surface area contributed by atoms with E-state index in [1.54, 1.807) is 18.2 Å². The fourth-order valence-corrected chi connectivity index (χ4v) is 2.84. The van der Waals surface area contributed by atoms with Crippen LogP contribution in [0.2, 0.25) is 0 Å². The van der Waals surface area contributed by atoms with E-state index in [0.717, 1.165) is 16.5 Å². The molecule has 0 aliphatic carbocycles. The second-order valence-corrected chi connectivity index (χ2v) is 7.41. The van der Waals surface area contributed by atoms with Gasteiger partial charge in [-0.1, -0.05) is 54.0 Å². The first-order valence-corrected chi connectivity index (χ1v) is 9.06. The normalized spacial score (nSPS) is 12.5. The third-order valence-electron chi connectivity index (χ3n) is 3.88. The second-order valence-electron chi connectivity index (χ2n) is 6.50. The Balaban J connectivity index is 1.98. The van der Waals surface area contributed by atoms with Gasteiger partial charge >= 0.3 is 0 Å². The van der Waals surface area contributed by atoms with Gasteiger partial charge in [-0.15, -0.1) is 0 Å². The van der Waals surface area contributed by atoms with Gasteiger partial charge < -0.3 is 5.11 Å². The topological polar surface area (TPSA) is 61.7 Å². The van der Waals surface area contributed by atoms with Gasteiger partial charge in [-0.25, -0.2) is 5.43 Å². The number of halogens is 1. The zero-order valence-electron chi connectivity index (χ0n) is 14.7. The molecule has 0 unspecified atom stereocenters. The lowest BCUT2D eigenvalue weighted by molar-refractivity contribution is -0.122. The Morgan fingerprint density at radius 1 is 1.20 bits per heavy atom. The molecule has 132 valence electrons. The van der Waals surface area contributed by atoms with Crippen molar-refractivity contribution in [3.8, 4) is 5.75 Å². The van der Waals surface area contributed by atoms with Crippen LogP contribution in [0.15, 0.2) is 52.0 Å². The molecule has 0 saturated carbocycles. The minimum atomic E-state index is -0.304. The fraction of sp³-hybridized carbons (Fsp3) is 0.300. The molecular formula is C20H23BrN2O2. The molecule has 0 saturated heterocycles. The van der Waals surface area contributed by atoms with Gasteiger partial charge in [-0.3, -0.25) is 4.79 Å². The van der Waals surface area contributed by atoms with Crippen LogP contribution in [0.4, 0.5) is 0 Å². The Morgan fingerprint density at radius 3 is 2.52 bits per heavy atom. The van der Waals surface area contributed by atoms with Gasteiger partial charge in [-0.05, 0) is 48.6 Å². The average molecular weight is 403 g/mol. The lowest BCUT2D eigenvalue weighted by atomic mass is 9.96. The van der Waals surface area contributed by atoms with Gasteiger partial charge in [0.25, 0.3) is 0 Å². The Hall–Kier alpha value is -2.14. The van der Waals surface area contributed by atoms with Crippen LogP contribution in [0, 0.1) is 5.92 Å². The molecule has 2 aromatic rings. The fourth-order valence-electron chi connectivity index (χ4n) is 2.46. The molecule has 2 rings (SSSR count). The van der Waals surface area contributed by atoms with Gasteiger partial charge in [0.15, 0.2) is 0 Å². The van der Waals surface area contributed by atoms with E-state index in [-0.39, 0.29) is 17.6 Å². The number of carbonyl (C=O) groups excluding carboxylic acids is 1. The number of nitrogens with one attached hydrogen (secondary N) is 1. The number of hydrogen-bond donors (Lipinski definition) is 2. The largest absolute Gasteiger partial charge is 0.507 e. The van der Waals surface area contributed by atoms with Crippen molar-refractivity contribution in [1.82, 2.24) is 5.43 Å². The minimum absolute atomic E-state index is 0.106. The zero-order chi connectivity index (χ0) is 18.4. The van der Waals surface area contributed by atoms with Crippen LogP contribution in [0.1, 0.15) is 43.4 Å². The molecule has 25 heavy (non-hydrogen) atoms. The van der Waals surface area contributed by atoms with E-state index in [4.69, 9.17) is 0 Å². The summed E-state index contributed by atoms with van der Waals surface area (Å²) >= 11 is 3.33. The first-order chi connectivity index (χ1) is 11.9. The number of benzene rings is 2. The molecule has 0 radical (unpaired) electrons. The van der Waals surface area contributed by atoms with Gasteiger partial charge in [0.05, 0.1) is 12.1 Å². The van der Waals surface area contributed by atoms with Gasteiger partial charge in [0, 0.05) is 10.0 Å². The molecule has 1 atom stereocenters. The summed E-state index contributed by atoms with van der Waals surface area (Å²) in [6.45, 7) is 6.22. The zero-order valence-corrected chi connectivity index (χ0v) is 16.2. The smallest absolute Gasteiger partial charge is 0.247 e. The third-order valence-corrected chi connectivity index (χ3v) is 4.38. The van der Waals surface area contributed by atoms with Crippen molar-refractivity contribution in [1.29, 1.82) is 0 Å². The maximum atomic E-state index is 12.3. The molecule has 0 fully saturated rings. The quantitative estimate of drug-likeness (QED) is 0.547. The predicted octanol–water partition coefficient (Wildman–Crippen LogP) is 4.61. The summed E-state index contributed by atoms with van der Waals surface area (Å²) in [5.74, 6) is 0.217. The van der Waals surface area contributed by atoms with Crippen molar-refractivity contribution in [2.24, 2.45) is 11.0 Å². The maximum absolute atomic E-state index is 12.3. The standard InChI is InChI=1S/C20H23BrN2O2/c1-13(2)10-15-4-6-16(7-5-15)14(3)20(25)23-22-12-17-11-18(21)8-9-19(17)24/h4-9,11-14,24H,10H2,1-3H3,(H,23,25)/b22-12+/t14-/m0/s1. The molecule has 0 bridgehead atoms. The molecule has 1 amide bonds. The Bertz CT molecular complexity index is 755. The number of phenolic OH excluding ortho intramolecular Hbond substituents is 1. The van der Waals surface area contributed by atoms with Crippen LogP contribution in [-0.4, -0.2) is 17.2 Å². The van der Waals surface area contributed by atoms with E-state index in [9.17, 15) is 9.90 Å². The molecule has 0 heterocycles. The van der Waals surface area contributed by atoms with E-state index in [0.29, 0.717) is 11.5 Å². The summed E-state index contributed by atoms with van der Waals surface area (Å²) in [6.07, 6.45) is 2.46. The molecule has 0 spiro atoms. The van der Waals surface area contributed by atoms with E-state index in [1.165, 1.54) is 11.8 Å². The van der Waals surface area contributed by atoms with Gasteiger partial charge in [-0.2, -0.15) is 5.10 Å². The molecule has 4 nitrogen and oxygen atoms in total. The first kappa shape index (κ1) is 19.2. The molecule has 0 aliphatic rings. The lowest BCUT2D eigenvalue weighted by Gasteiger charge is -2.11. The van der Waals surface area contributed by atoms with E-state index >= 15 is 0 Å². The number of carbonyl (C=O) groups is 1. The van der Waals surface area contributed by atoms with Crippen LogP contribution in [-0.2, 0) is 11.2 Å². The van der Waals surface area contributed by atoms with Gasteiger partial charge in [0.1, 0.15) is 5.75 Å². The summed E-state index contributed by atoms with van der Waals surface area (Å²) in [5, 5.41) is 13.7. The third kappa shape index (κ3) is 5.71. The van der Waals surface area contributed by atoms with E-state index in [2.05, 4.69) is 52.4 Å². The highest BCUT2D eigenvalue weighted by Crippen LogP contribution is 2.20. The van der Waals surface area contributed by atoms with Crippen LogP contribution < -0.4 is 5.43 Å². The lowest BCUT2D eigenvalue weighted by Crippen LogP contribution is -2.23. The Morgan fingerprint density at radius 2 is 1.88 bits per heavy atom. The van der Waals surface area contributed by atoms with Crippen molar-refractivity contribution in [3.05, 3.63) is 63.6 Å². The molecule has 2 N–H and O–H groups in total. The highest BCUT2D eigenvalue weighted by molar-refractivity contribution is 9.10. The number of amides is 1. The van der Waals surface area contributed by atoms with E-state index < -0.39 is 0 Å². The summed E-state index contributed by atoms with van der Waals surface area (Å²) in [4.78, 5) is 12.3. The van der Waals surface area contributed by atoms with Gasteiger partial charge in [0.2, 0.25) is 5.91 Å². The molecular weight excluding hydrogens is 380 g/mol. The molecule has 0 aromatic heterocycles. The van der Waals surface area contributed by atoms with Crippen LogP contribution >= 0.6 is 15.9 Å². The minimum Gasteiger partial charge on any atom is -0.507 e. The van der Waals surface area contributed by atoms with Crippen molar-refractivity contribution < 1.29 is 9.90 Å². The Labute approximate surface area is 157 Å². The van der Waals surface area contributed by atoms with Crippen LogP contribution in [0.25, 0.3) is 0 Å². The van der Waals surface area contributed by atoms with Crippen LogP contribution in [0.3, 0.4) is 0 Å². The molecule has 0 aliphatic heterocycles. The number of nitrogens with zero attached hydrogens (tertiary/aromatic N) is 1. The summed E-state index contributed by atoms with van der Waals surface area (Å²) < 4.78 is 0.827. The number of rotatable bonds is 6. The summed E-state index contributed by atoms with van der Waals surface area (Å²) in [7, 11) is 0. The summed E-state index contributed by atoms with van der Waals surface area (Å²) in [6, 6.07) is 13.1. The highest BCUT2D eigenvalue weighted by atomic mass is 79.9. The van der Waals surface area contributed by atoms with Crippen molar-refractivity contribution in [2.75, 3.05) is 0 Å². The first-order valence-electron chi connectivity index (χ1n) is 8.27.